The fourth-order valence-corrected chi connectivity index (χ4v) is 2.94. The van der Waals surface area contributed by atoms with Gasteiger partial charge in [-0.3, -0.25) is 9.69 Å². The Balaban J connectivity index is 1.86. The molecule has 0 atom stereocenters. The van der Waals surface area contributed by atoms with Crippen LogP contribution in [0.25, 0.3) is 0 Å². The number of amides is 1. The Bertz CT molecular complexity index is 353. The number of rotatable bonds is 6. The summed E-state index contributed by atoms with van der Waals surface area (Å²) in [5.74, 6) is 0.00352. The highest BCUT2D eigenvalue weighted by Crippen LogP contribution is 2.28. The van der Waals surface area contributed by atoms with E-state index in [0.29, 0.717) is 12.6 Å². The van der Waals surface area contributed by atoms with E-state index >= 15 is 0 Å². The van der Waals surface area contributed by atoms with Crippen molar-refractivity contribution >= 4 is 5.91 Å². The molecular formula is C14H24N4O. The van der Waals surface area contributed by atoms with Crippen LogP contribution in [0.4, 0.5) is 0 Å². The summed E-state index contributed by atoms with van der Waals surface area (Å²) in [6.07, 6.45) is 4.73. The Morgan fingerprint density at radius 2 is 2.16 bits per heavy atom. The second-order valence-corrected chi connectivity index (χ2v) is 5.73. The Kier molecular flexibility index (Phi) is 4.78. The van der Waals surface area contributed by atoms with Gasteiger partial charge in [0.1, 0.15) is 5.54 Å². The van der Waals surface area contributed by atoms with Gasteiger partial charge in [0, 0.05) is 19.1 Å². The maximum Gasteiger partial charge on any atom is 0.235 e. The normalized spacial score (nSPS) is 21.9. The molecular weight excluding hydrogens is 240 g/mol. The van der Waals surface area contributed by atoms with Crippen molar-refractivity contribution in [2.75, 3.05) is 26.2 Å². The second kappa shape index (κ2) is 6.36. The first-order valence-electron chi connectivity index (χ1n) is 7.36. The lowest BCUT2D eigenvalue weighted by molar-refractivity contribution is -0.124. The smallest absolute Gasteiger partial charge is 0.235 e. The van der Waals surface area contributed by atoms with Crippen LogP contribution in [-0.4, -0.2) is 48.6 Å². The molecule has 1 saturated carbocycles. The molecule has 19 heavy (non-hydrogen) atoms. The molecule has 106 valence electrons. The van der Waals surface area contributed by atoms with Crippen LogP contribution in [0.15, 0.2) is 0 Å². The van der Waals surface area contributed by atoms with Gasteiger partial charge in [0.2, 0.25) is 5.91 Å². The molecule has 1 aliphatic heterocycles. The molecule has 2 N–H and O–H groups in total. The summed E-state index contributed by atoms with van der Waals surface area (Å²) in [7, 11) is 0. The van der Waals surface area contributed by atoms with Crippen molar-refractivity contribution in [1.82, 2.24) is 15.5 Å². The fourth-order valence-electron chi connectivity index (χ4n) is 2.94. The average Bonchev–Trinajstić information content (AvgIpc) is 2.76. The molecule has 0 aromatic rings. The minimum atomic E-state index is -0.590. The minimum absolute atomic E-state index is 0.00352. The van der Waals surface area contributed by atoms with Gasteiger partial charge < -0.3 is 10.6 Å². The third-order valence-electron chi connectivity index (χ3n) is 4.18. The lowest BCUT2D eigenvalue weighted by Gasteiger charge is -2.38. The zero-order valence-electron chi connectivity index (χ0n) is 11.7. The van der Waals surface area contributed by atoms with Crippen LogP contribution in [-0.2, 0) is 4.79 Å². The third-order valence-corrected chi connectivity index (χ3v) is 4.18. The van der Waals surface area contributed by atoms with E-state index in [-0.39, 0.29) is 5.91 Å². The van der Waals surface area contributed by atoms with Crippen molar-refractivity contribution < 1.29 is 4.79 Å². The zero-order chi connectivity index (χ0) is 13.7. The first-order chi connectivity index (χ1) is 9.19. The molecule has 0 aromatic heterocycles. The summed E-state index contributed by atoms with van der Waals surface area (Å²) < 4.78 is 0. The topological polar surface area (TPSA) is 68.2 Å². The highest BCUT2D eigenvalue weighted by atomic mass is 16.2. The molecule has 0 aromatic carbocycles. The highest BCUT2D eigenvalue weighted by Gasteiger charge is 2.36. The Morgan fingerprint density at radius 1 is 1.47 bits per heavy atom. The van der Waals surface area contributed by atoms with Crippen LogP contribution in [0, 0.1) is 11.3 Å². The Hall–Kier alpha value is -1.12. The summed E-state index contributed by atoms with van der Waals surface area (Å²) in [6, 6.07) is 2.79. The van der Waals surface area contributed by atoms with E-state index in [0.717, 1.165) is 51.7 Å². The van der Waals surface area contributed by atoms with Gasteiger partial charge in [-0.2, -0.15) is 5.26 Å². The van der Waals surface area contributed by atoms with E-state index in [4.69, 9.17) is 0 Å². The number of nitriles is 1. The van der Waals surface area contributed by atoms with E-state index in [1.165, 1.54) is 0 Å². The van der Waals surface area contributed by atoms with Crippen molar-refractivity contribution in [3.63, 3.8) is 0 Å². The first kappa shape index (κ1) is 14.3. The number of nitrogens with zero attached hydrogens (tertiary/aromatic N) is 2. The number of hydrogen-bond donors (Lipinski definition) is 2. The van der Waals surface area contributed by atoms with Gasteiger partial charge in [-0.15, -0.1) is 0 Å². The van der Waals surface area contributed by atoms with E-state index in [1.807, 2.05) is 0 Å². The number of hydrogen-bond acceptors (Lipinski definition) is 4. The van der Waals surface area contributed by atoms with Crippen LogP contribution >= 0.6 is 0 Å². The predicted molar refractivity (Wildman–Crippen MR) is 73.5 cm³/mol. The summed E-state index contributed by atoms with van der Waals surface area (Å²) in [5.41, 5.74) is -0.590. The first-order valence-corrected chi connectivity index (χ1v) is 7.36. The van der Waals surface area contributed by atoms with Crippen molar-refractivity contribution in [2.24, 2.45) is 0 Å². The molecule has 0 spiro atoms. The molecule has 2 rings (SSSR count). The lowest BCUT2D eigenvalue weighted by Crippen LogP contribution is -2.60. The van der Waals surface area contributed by atoms with E-state index in [2.05, 4.69) is 28.5 Å². The van der Waals surface area contributed by atoms with Crippen molar-refractivity contribution in [2.45, 2.75) is 50.6 Å². The third kappa shape index (κ3) is 3.46. The molecule has 5 heteroatoms. The molecule has 0 unspecified atom stereocenters. The predicted octanol–water partition coefficient (Wildman–Crippen LogP) is 0.623. The number of carbonyl (C=O) groups is 1. The van der Waals surface area contributed by atoms with Gasteiger partial charge in [-0.05, 0) is 38.6 Å². The van der Waals surface area contributed by atoms with Gasteiger partial charge in [-0.1, -0.05) is 6.92 Å². The quantitative estimate of drug-likeness (QED) is 0.738. The van der Waals surface area contributed by atoms with Gasteiger partial charge in [0.25, 0.3) is 0 Å². The molecule has 1 saturated heterocycles. The van der Waals surface area contributed by atoms with Gasteiger partial charge >= 0.3 is 0 Å². The van der Waals surface area contributed by atoms with Crippen LogP contribution in [0.5, 0.6) is 0 Å². The van der Waals surface area contributed by atoms with Crippen molar-refractivity contribution in [1.29, 1.82) is 5.26 Å². The molecule has 0 radical (unpaired) electrons. The monoisotopic (exact) mass is 264 g/mol. The molecule has 2 fully saturated rings. The Morgan fingerprint density at radius 3 is 2.63 bits per heavy atom. The fraction of sp³-hybridized carbons (Fsp3) is 0.857. The molecule has 1 heterocycles. The SMILES string of the molecule is CCCN(CC(=O)NC1(C#N)CCCC1)C1CNC1. The average molecular weight is 264 g/mol. The minimum Gasteiger partial charge on any atom is -0.337 e. The molecule has 0 bridgehead atoms. The molecule has 1 aliphatic carbocycles. The van der Waals surface area contributed by atoms with Crippen LogP contribution in [0.2, 0.25) is 0 Å². The lowest BCUT2D eigenvalue weighted by atomic mass is 10.00. The number of carbonyl (C=O) groups excluding carboxylic acids is 1. The van der Waals surface area contributed by atoms with Gasteiger partial charge in [0.05, 0.1) is 12.6 Å². The second-order valence-electron chi connectivity index (χ2n) is 5.73. The highest BCUT2D eigenvalue weighted by molar-refractivity contribution is 5.79. The molecule has 5 nitrogen and oxygen atoms in total. The maximum atomic E-state index is 12.2. The van der Waals surface area contributed by atoms with E-state index < -0.39 is 5.54 Å². The van der Waals surface area contributed by atoms with Gasteiger partial charge in [-0.25, -0.2) is 0 Å². The summed E-state index contributed by atoms with van der Waals surface area (Å²) in [6.45, 7) is 5.43. The van der Waals surface area contributed by atoms with E-state index in [9.17, 15) is 10.1 Å². The van der Waals surface area contributed by atoms with Crippen molar-refractivity contribution in [3.8, 4) is 6.07 Å². The summed E-state index contributed by atoms with van der Waals surface area (Å²) >= 11 is 0. The van der Waals surface area contributed by atoms with Crippen LogP contribution < -0.4 is 10.6 Å². The maximum absolute atomic E-state index is 12.2. The standard InChI is InChI=1S/C14H24N4O/c1-2-7-18(12-8-16-9-12)10-13(19)17-14(11-15)5-3-4-6-14/h12,16H,2-10H2,1H3,(H,17,19). The van der Waals surface area contributed by atoms with Crippen LogP contribution in [0.3, 0.4) is 0 Å². The molecule has 1 amide bonds. The van der Waals surface area contributed by atoms with Gasteiger partial charge in [0.15, 0.2) is 0 Å². The summed E-state index contributed by atoms with van der Waals surface area (Å²) in [5, 5.41) is 15.5. The summed E-state index contributed by atoms with van der Waals surface area (Å²) in [4.78, 5) is 14.4. The van der Waals surface area contributed by atoms with Crippen LogP contribution in [0.1, 0.15) is 39.0 Å². The Labute approximate surface area is 115 Å². The van der Waals surface area contributed by atoms with Crippen molar-refractivity contribution in [3.05, 3.63) is 0 Å². The number of nitrogens with one attached hydrogen (secondary N) is 2. The zero-order valence-corrected chi connectivity index (χ0v) is 11.7. The largest absolute Gasteiger partial charge is 0.337 e. The molecule has 2 aliphatic rings. The van der Waals surface area contributed by atoms with E-state index in [1.54, 1.807) is 0 Å².